The lowest BCUT2D eigenvalue weighted by molar-refractivity contribution is 0.172. The largest absolute Gasteiger partial charge is 0.486 e. The van der Waals surface area contributed by atoms with Gasteiger partial charge in [0.1, 0.15) is 13.2 Å². The number of likely N-dealkylation sites (tertiary alicyclic amines) is 1. The number of carbonyl (C=O) groups is 1. The highest BCUT2D eigenvalue weighted by Gasteiger charge is 2.28. The van der Waals surface area contributed by atoms with Crippen LogP contribution in [0.5, 0.6) is 11.5 Å². The van der Waals surface area contributed by atoms with Crippen molar-refractivity contribution in [2.45, 2.75) is 39.3 Å². The minimum atomic E-state index is -0.210. The monoisotopic (exact) mass is 476 g/mol. The van der Waals surface area contributed by atoms with Crippen LogP contribution in [0.1, 0.15) is 30.9 Å². The molecule has 8 heteroatoms. The van der Waals surface area contributed by atoms with Crippen molar-refractivity contribution in [2.24, 2.45) is 0 Å². The number of aromatic amines is 1. The minimum absolute atomic E-state index is 0.207. The van der Waals surface area contributed by atoms with E-state index in [2.05, 4.69) is 22.1 Å². The summed E-state index contributed by atoms with van der Waals surface area (Å²) >= 11 is 0. The molecule has 1 aromatic heterocycles. The van der Waals surface area contributed by atoms with Gasteiger partial charge in [-0.05, 0) is 57.1 Å². The molecule has 5 rings (SSSR count). The molecular weight excluding hydrogens is 444 g/mol. The number of urea groups is 1. The molecular formula is C27H32N4O4. The van der Waals surface area contributed by atoms with Crippen molar-refractivity contribution in [2.75, 3.05) is 38.2 Å². The molecule has 3 heterocycles. The number of ether oxygens (including phenoxy) is 2. The fraction of sp³-hybridized carbons (Fsp3) is 0.407. The number of carbonyl (C=O) groups excluding carboxylic acids is 1. The average Bonchev–Trinajstić information content (AvgIpc) is 3.31. The van der Waals surface area contributed by atoms with Crippen LogP contribution in [0.3, 0.4) is 0 Å². The van der Waals surface area contributed by atoms with E-state index in [1.165, 1.54) is 0 Å². The summed E-state index contributed by atoms with van der Waals surface area (Å²) < 4.78 is 11.4. The second-order valence-corrected chi connectivity index (χ2v) is 9.31. The van der Waals surface area contributed by atoms with E-state index in [0.29, 0.717) is 42.3 Å². The number of hydrogen-bond donors (Lipinski definition) is 2. The van der Waals surface area contributed by atoms with Crippen LogP contribution >= 0.6 is 0 Å². The predicted octanol–water partition coefficient (Wildman–Crippen LogP) is 4.13. The molecule has 0 aliphatic carbocycles. The number of rotatable bonds is 6. The second-order valence-electron chi connectivity index (χ2n) is 9.31. The zero-order valence-electron chi connectivity index (χ0n) is 20.3. The Morgan fingerprint density at radius 2 is 1.89 bits per heavy atom. The van der Waals surface area contributed by atoms with Gasteiger partial charge >= 0.3 is 6.03 Å². The van der Waals surface area contributed by atoms with E-state index in [4.69, 9.17) is 9.47 Å². The molecule has 2 aromatic carbocycles. The van der Waals surface area contributed by atoms with Gasteiger partial charge in [-0.2, -0.15) is 0 Å². The Labute approximate surface area is 204 Å². The molecule has 2 amide bonds. The van der Waals surface area contributed by atoms with Gasteiger partial charge in [0.05, 0.1) is 12.1 Å². The first-order valence-electron chi connectivity index (χ1n) is 12.3. The Kier molecular flexibility index (Phi) is 6.63. The number of likely N-dealkylation sites (N-methyl/N-ethyl adjacent to an activating group) is 1. The molecule has 0 saturated carbocycles. The van der Waals surface area contributed by atoms with Gasteiger partial charge in [-0.15, -0.1) is 0 Å². The number of hydrogen-bond acceptors (Lipinski definition) is 5. The van der Waals surface area contributed by atoms with E-state index in [0.717, 1.165) is 42.6 Å². The number of aromatic nitrogens is 1. The standard InChI is InChI=1S/C27H32N4O4/c1-3-30-10-4-5-22(30)17-31(27(33)28-21-8-6-18(2)7-9-21)16-20-13-19-14-24-25(35-12-11-34-24)15-23(19)29-26(20)32/h6-9,13-15,22H,3-5,10-12,16-17H2,1-2H3,(H,28,33)(H,29,32)/t22-/m1/s1. The van der Waals surface area contributed by atoms with Gasteiger partial charge in [-0.3, -0.25) is 9.69 Å². The molecule has 0 spiro atoms. The molecule has 0 bridgehead atoms. The first-order chi connectivity index (χ1) is 17.0. The lowest BCUT2D eigenvalue weighted by atomic mass is 10.1. The first kappa shape index (κ1) is 23.2. The maximum Gasteiger partial charge on any atom is 0.322 e. The smallest absolute Gasteiger partial charge is 0.322 e. The molecule has 1 atom stereocenters. The van der Waals surface area contributed by atoms with Crippen LogP contribution in [0.4, 0.5) is 10.5 Å². The summed E-state index contributed by atoms with van der Waals surface area (Å²) in [5.41, 5.74) is 2.88. The fourth-order valence-corrected chi connectivity index (χ4v) is 4.94. The van der Waals surface area contributed by atoms with E-state index in [1.54, 1.807) is 11.0 Å². The topological polar surface area (TPSA) is 86.9 Å². The van der Waals surface area contributed by atoms with E-state index >= 15 is 0 Å². The third kappa shape index (κ3) is 5.12. The normalized spacial score (nSPS) is 17.5. The van der Waals surface area contributed by atoms with Gasteiger partial charge in [-0.25, -0.2) is 4.79 Å². The summed E-state index contributed by atoms with van der Waals surface area (Å²) in [5, 5.41) is 3.86. The number of H-pyrrole nitrogens is 1. The average molecular weight is 477 g/mol. The van der Waals surface area contributed by atoms with Gasteiger partial charge in [0, 0.05) is 35.3 Å². The van der Waals surface area contributed by atoms with Crippen LogP contribution < -0.4 is 20.3 Å². The zero-order valence-corrected chi connectivity index (χ0v) is 20.3. The van der Waals surface area contributed by atoms with Gasteiger partial charge in [0.2, 0.25) is 0 Å². The maximum atomic E-state index is 13.4. The van der Waals surface area contributed by atoms with E-state index in [9.17, 15) is 9.59 Å². The van der Waals surface area contributed by atoms with Gasteiger partial charge < -0.3 is 24.7 Å². The van der Waals surface area contributed by atoms with Crippen LogP contribution in [-0.2, 0) is 6.54 Å². The molecule has 1 fully saturated rings. The van der Waals surface area contributed by atoms with Crippen molar-refractivity contribution in [3.63, 3.8) is 0 Å². The number of nitrogens with zero attached hydrogens (tertiary/aromatic N) is 2. The Hall–Kier alpha value is -3.52. The van der Waals surface area contributed by atoms with Crippen LogP contribution in [0.2, 0.25) is 0 Å². The molecule has 2 aliphatic heterocycles. The van der Waals surface area contributed by atoms with E-state index in [1.807, 2.05) is 43.3 Å². The quantitative estimate of drug-likeness (QED) is 0.559. The fourth-order valence-electron chi connectivity index (χ4n) is 4.94. The van der Waals surface area contributed by atoms with Crippen LogP contribution in [0.15, 0.2) is 47.3 Å². The van der Waals surface area contributed by atoms with Gasteiger partial charge in [-0.1, -0.05) is 24.6 Å². The van der Waals surface area contributed by atoms with Crippen molar-refractivity contribution in [1.29, 1.82) is 0 Å². The van der Waals surface area contributed by atoms with E-state index < -0.39 is 0 Å². The van der Waals surface area contributed by atoms with Crippen molar-refractivity contribution >= 4 is 22.6 Å². The summed E-state index contributed by atoms with van der Waals surface area (Å²) in [4.78, 5) is 33.5. The minimum Gasteiger partial charge on any atom is -0.486 e. The zero-order chi connectivity index (χ0) is 24.4. The number of nitrogens with one attached hydrogen (secondary N) is 2. The summed E-state index contributed by atoms with van der Waals surface area (Å²) in [6.07, 6.45) is 2.16. The Morgan fingerprint density at radius 3 is 2.63 bits per heavy atom. The number of amides is 2. The number of fused-ring (bicyclic) bond motifs is 2. The van der Waals surface area contributed by atoms with Crippen LogP contribution in [0.25, 0.3) is 10.9 Å². The molecule has 2 aliphatic rings. The molecule has 35 heavy (non-hydrogen) atoms. The molecule has 2 N–H and O–H groups in total. The molecule has 8 nitrogen and oxygen atoms in total. The van der Waals surface area contributed by atoms with Crippen LogP contribution in [-0.4, -0.2) is 59.7 Å². The predicted molar refractivity (Wildman–Crippen MR) is 136 cm³/mol. The molecule has 1 saturated heterocycles. The lowest BCUT2D eigenvalue weighted by Crippen LogP contribution is -2.45. The Bertz CT molecular complexity index is 1270. The highest BCUT2D eigenvalue weighted by atomic mass is 16.6. The number of benzene rings is 2. The summed E-state index contributed by atoms with van der Waals surface area (Å²) in [6.45, 7) is 7.90. The molecule has 0 unspecified atom stereocenters. The molecule has 3 aromatic rings. The number of anilines is 1. The maximum absolute atomic E-state index is 13.4. The number of pyridine rings is 1. The van der Waals surface area contributed by atoms with Crippen molar-refractivity contribution in [3.05, 3.63) is 63.9 Å². The van der Waals surface area contributed by atoms with Crippen molar-refractivity contribution < 1.29 is 14.3 Å². The molecule has 0 radical (unpaired) electrons. The SMILES string of the molecule is CCN1CCC[C@@H]1CN(Cc1cc2cc3c(cc2[nH]c1=O)OCCO3)C(=O)Nc1ccc(C)cc1. The summed E-state index contributed by atoms with van der Waals surface area (Å²) in [7, 11) is 0. The van der Waals surface area contributed by atoms with Gasteiger partial charge in [0.25, 0.3) is 5.56 Å². The van der Waals surface area contributed by atoms with E-state index in [-0.39, 0.29) is 24.2 Å². The highest BCUT2D eigenvalue weighted by Crippen LogP contribution is 2.33. The Morgan fingerprint density at radius 1 is 1.14 bits per heavy atom. The second kappa shape index (κ2) is 10.00. The summed E-state index contributed by atoms with van der Waals surface area (Å²) in [6, 6.07) is 13.3. The van der Waals surface area contributed by atoms with Gasteiger partial charge in [0.15, 0.2) is 11.5 Å². The number of aryl methyl sites for hydroxylation is 1. The van der Waals surface area contributed by atoms with Crippen molar-refractivity contribution in [3.8, 4) is 11.5 Å². The first-order valence-corrected chi connectivity index (χ1v) is 12.3. The molecule has 184 valence electrons. The third-order valence-corrected chi connectivity index (χ3v) is 6.87. The van der Waals surface area contributed by atoms with Crippen molar-refractivity contribution in [1.82, 2.24) is 14.8 Å². The third-order valence-electron chi connectivity index (χ3n) is 6.87. The lowest BCUT2D eigenvalue weighted by Gasteiger charge is -2.30. The Balaban J connectivity index is 1.43. The van der Waals surface area contributed by atoms with Crippen LogP contribution in [0, 0.1) is 6.92 Å². The highest BCUT2D eigenvalue weighted by molar-refractivity contribution is 5.89. The summed E-state index contributed by atoms with van der Waals surface area (Å²) in [5.74, 6) is 1.30.